The predicted octanol–water partition coefficient (Wildman–Crippen LogP) is 10.1. The van der Waals surface area contributed by atoms with Crippen molar-refractivity contribution in [1.29, 1.82) is 0 Å². The molecule has 4 heterocycles. The van der Waals surface area contributed by atoms with Gasteiger partial charge in [0.2, 0.25) is 0 Å². The highest BCUT2D eigenvalue weighted by Gasteiger charge is 2.62. The van der Waals surface area contributed by atoms with Gasteiger partial charge in [-0.3, -0.25) is 0 Å². The zero-order valence-electron chi connectivity index (χ0n) is 30.9. The molecule has 4 aromatic carbocycles. The molecule has 0 bridgehead atoms. The minimum atomic E-state index is -0.990. The van der Waals surface area contributed by atoms with Crippen molar-refractivity contribution in [2.75, 3.05) is 12.3 Å². The van der Waals surface area contributed by atoms with E-state index in [0.29, 0.717) is 41.0 Å². The Kier molecular flexibility index (Phi) is 9.34. The van der Waals surface area contributed by atoms with E-state index in [-0.39, 0.29) is 29.6 Å². The third-order valence-corrected chi connectivity index (χ3v) is 12.1. The normalized spacial score (nSPS) is 21.8. The number of aromatic nitrogens is 4. The van der Waals surface area contributed by atoms with Crippen molar-refractivity contribution in [3.63, 3.8) is 0 Å². The fourth-order valence-corrected chi connectivity index (χ4v) is 9.29. The lowest BCUT2D eigenvalue weighted by molar-refractivity contribution is -0.179. The third-order valence-electron chi connectivity index (χ3n) is 11.5. The van der Waals surface area contributed by atoms with Crippen LogP contribution in [0.5, 0.6) is 0 Å². The van der Waals surface area contributed by atoms with Gasteiger partial charge in [0.15, 0.2) is 5.79 Å². The highest BCUT2D eigenvalue weighted by atomic mass is 35.5. The fourth-order valence-electron chi connectivity index (χ4n) is 8.95. The van der Waals surface area contributed by atoms with E-state index in [1.165, 1.54) is 12.4 Å². The Morgan fingerprint density at radius 2 is 1.50 bits per heavy atom. The Labute approximate surface area is 334 Å². The molecular weight excluding hydrogens is 748 g/mol. The molecular formula is C45H40Cl2FN5O3. The number of anilines is 1. The van der Waals surface area contributed by atoms with Crippen molar-refractivity contribution in [3.8, 4) is 0 Å². The second-order valence-corrected chi connectivity index (χ2v) is 16.1. The Balaban J connectivity index is 1.19. The average Bonchev–Trinajstić information content (AvgIpc) is 3.87. The van der Waals surface area contributed by atoms with Crippen LogP contribution in [0.2, 0.25) is 10.2 Å². The van der Waals surface area contributed by atoms with Gasteiger partial charge >= 0.3 is 0 Å². The summed E-state index contributed by atoms with van der Waals surface area (Å²) in [6, 6.07) is 37.7. The molecule has 4 atom stereocenters. The zero-order chi connectivity index (χ0) is 38.7. The number of hydrogen-bond acceptors (Lipinski definition) is 7. The second kappa shape index (κ2) is 14.2. The molecule has 56 heavy (non-hydrogen) atoms. The number of nitrogens with zero attached hydrogens (tertiary/aromatic N) is 4. The minimum Gasteiger partial charge on any atom is -0.382 e. The summed E-state index contributed by atoms with van der Waals surface area (Å²) in [4.78, 5) is 13.3. The molecule has 1 saturated carbocycles. The van der Waals surface area contributed by atoms with Crippen molar-refractivity contribution in [2.45, 2.75) is 62.7 Å². The van der Waals surface area contributed by atoms with Crippen molar-refractivity contribution in [3.05, 3.63) is 166 Å². The summed E-state index contributed by atoms with van der Waals surface area (Å²) in [5.41, 5.74) is 9.32. The van der Waals surface area contributed by atoms with E-state index in [0.717, 1.165) is 27.6 Å². The topological polar surface area (TPSA) is 97.3 Å². The van der Waals surface area contributed by atoms with Gasteiger partial charge < -0.3 is 24.5 Å². The largest absolute Gasteiger partial charge is 0.382 e. The Morgan fingerprint density at radius 1 is 0.857 bits per heavy atom. The standard InChI is InChI=1S/C45H40Cl2FN5O3/c1-43(2)55-38-37(53-21-19-32-40(47)50-27-51-42(32)53)25-44(39(38)56-43,20-18-28-22-35(48)33-24-34(46)41(49)52-36(33)23-28)26-54-45(29-12-6-3-7-13-29,30-14-8-4-9-15-30)31-16-10-5-11-17-31/h3-17,19,21-24,27,37-39H,18,20,25-26H2,1-2H3,(H2,49,52)/t37-,38+,39+,44+/m1/s1. The third kappa shape index (κ3) is 6.32. The number of nitrogens with two attached hydrogens (primary N) is 1. The number of benzene rings is 4. The number of ether oxygens (including phenoxy) is 3. The van der Waals surface area contributed by atoms with Gasteiger partial charge in [0.1, 0.15) is 40.5 Å². The number of nitrogen functional groups attached to an aromatic ring is 1. The smallest absolute Gasteiger partial charge is 0.163 e. The number of aryl methyl sites for hydroxylation is 1. The van der Waals surface area contributed by atoms with Crippen molar-refractivity contribution >= 4 is 51.0 Å². The first-order valence-electron chi connectivity index (χ1n) is 18.7. The molecule has 1 aliphatic carbocycles. The van der Waals surface area contributed by atoms with Gasteiger partial charge in [0.25, 0.3) is 0 Å². The van der Waals surface area contributed by atoms with E-state index in [1.54, 1.807) is 6.07 Å². The summed E-state index contributed by atoms with van der Waals surface area (Å²) in [7, 11) is 0. The van der Waals surface area contributed by atoms with E-state index >= 15 is 4.39 Å². The molecule has 8 nitrogen and oxygen atoms in total. The lowest BCUT2D eigenvalue weighted by Crippen LogP contribution is -2.44. The molecule has 1 aliphatic heterocycles. The summed E-state index contributed by atoms with van der Waals surface area (Å²) < 4.78 is 39.3. The number of fused-ring (bicyclic) bond motifs is 3. The van der Waals surface area contributed by atoms with E-state index in [2.05, 4.69) is 55.9 Å². The Bertz CT molecular complexity index is 2440. The molecule has 1 saturated heterocycles. The summed E-state index contributed by atoms with van der Waals surface area (Å²) in [6.07, 6.45) is 4.38. The van der Waals surface area contributed by atoms with Crippen LogP contribution in [-0.2, 0) is 26.2 Å². The van der Waals surface area contributed by atoms with Gasteiger partial charge in [-0.25, -0.2) is 19.3 Å². The summed E-state index contributed by atoms with van der Waals surface area (Å²) in [6.45, 7) is 4.17. The van der Waals surface area contributed by atoms with Crippen LogP contribution in [0.3, 0.4) is 0 Å². The van der Waals surface area contributed by atoms with Crippen molar-refractivity contribution in [1.82, 2.24) is 19.5 Å². The molecule has 284 valence electrons. The van der Waals surface area contributed by atoms with E-state index in [1.807, 2.05) is 86.8 Å². The maximum atomic E-state index is 15.7. The van der Waals surface area contributed by atoms with Crippen LogP contribution in [0.1, 0.15) is 55.0 Å². The molecule has 0 radical (unpaired) electrons. The van der Waals surface area contributed by atoms with E-state index < -0.39 is 28.7 Å². The monoisotopic (exact) mass is 787 g/mol. The molecule has 2 N–H and O–H groups in total. The fraction of sp³-hybridized carbons (Fsp3) is 0.267. The molecule has 2 fully saturated rings. The van der Waals surface area contributed by atoms with E-state index in [4.69, 9.17) is 43.1 Å². The molecule has 3 aromatic heterocycles. The quantitative estimate of drug-likeness (QED) is 0.109. The van der Waals surface area contributed by atoms with Gasteiger partial charge in [-0.05, 0) is 79.6 Å². The van der Waals surface area contributed by atoms with Crippen LogP contribution in [0.4, 0.5) is 10.2 Å². The molecule has 9 rings (SSSR count). The molecule has 0 unspecified atom stereocenters. The second-order valence-electron chi connectivity index (χ2n) is 15.3. The van der Waals surface area contributed by atoms with Crippen LogP contribution in [0.15, 0.2) is 128 Å². The molecule has 0 amide bonds. The van der Waals surface area contributed by atoms with Gasteiger partial charge in [-0.1, -0.05) is 114 Å². The van der Waals surface area contributed by atoms with Gasteiger partial charge in [-0.2, -0.15) is 0 Å². The molecule has 7 aromatic rings. The maximum absolute atomic E-state index is 15.7. The summed E-state index contributed by atoms with van der Waals surface area (Å²) >= 11 is 12.8. The first-order chi connectivity index (χ1) is 27.1. The number of halogens is 3. The summed E-state index contributed by atoms with van der Waals surface area (Å²) in [5.74, 6) is -1.14. The minimum absolute atomic E-state index is 0.155. The van der Waals surface area contributed by atoms with E-state index in [9.17, 15) is 0 Å². The summed E-state index contributed by atoms with van der Waals surface area (Å²) in [5, 5.41) is 1.67. The number of hydrogen-bond donors (Lipinski definition) is 1. The van der Waals surface area contributed by atoms with Gasteiger partial charge in [-0.15, -0.1) is 0 Å². The SMILES string of the molecule is CC1(C)O[C@H]2[C@H](n3ccc4c(Cl)ncnc43)C[C@@](CCc3cc(F)c4cc(Cl)c(N)nc4c3)(COC(c3ccccc3)(c3ccccc3)c3ccccc3)[C@H]2O1. The predicted molar refractivity (Wildman–Crippen MR) is 217 cm³/mol. The van der Waals surface area contributed by atoms with Crippen LogP contribution in [0.25, 0.3) is 21.9 Å². The zero-order valence-corrected chi connectivity index (χ0v) is 32.4. The van der Waals surface area contributed by atoms with Crippen LogP contribution in [0, 0.1) is 11.2 Å². The van der Waals surface area contributed by atoms with Crippen LogP contribution >= 0.6 is 23.2 Å². The van der Waals surface area contributed by atoms with Gasteiger partial charge in [0.05, 0.1) is 34.7 Å². The Morgan fingerprint density at radius 3 is 2.14 bits per heavy atom. The van der Waals surface area contributed by atoms with Crippen LogP contribution in [-0.4, -0.2) is 44.1 Å². The molecule has 0 spiro atoms. The number of rotatable bonds is 10. The van der Waals surface area contributed by atoms with Crippen molar-refractivity contribution in [2.24, 2.45) is 5.41 Å². The highest BCUT2D eigenvalue weighted by Crippen LogP contribution is 2.57. The maximum Gasteiger partial charge on any atom is 0.163 e. The Hall–Kier alpha value is -4.90. The first-order valence-corrected chi connectivity index (χ1v) is 19.5. The number of pyridine rings is 1. The molecule has 11 heteroatoms. The van der Waals surface area contributed by atoms with Crippen LogP contribution < -0.4 is 5.73 Å². The lowest BCUT2D eigenvalue weighted by Gasteiger charge is -2.42. The first kappa shape index (κ1) is 36.7. The molecule has 2 aliphatic rings. The lowest BCUT2D eigenvalue weighted by atomic mass is 9.76. The average molecular weight is 789 g/mol. The highest BCUT2D eigenvalue weighted by molar-refractivity contribution is 6.34. The van der Waals surface area contributed by atoms with Gasteiger partial charge in [0, 0.05) is 17.0 Å². The van der Waals surface area contributed by atoms with Crippen molar-refractivity contribution < 1.29 is 18.6 Å².